The number of rotatable bonds is 4. The fraction of sp³-hybridized carbons (Fsp3) is 0.267. The van der Waals surface area contributed by atoms with Crippen molar-refractivity contribution in [1.82, 2.24) is 0 Å². The number of benzene rings is 1. The summed E-state index contributed by atoms with van der Waals surface area (Å²) in [5, 5.41) is 12.2. The molecule has 19 heavy (non-hydrogen) atoms. The Morgan fingerprint density at radius 2 is 2.05 bits per heavy atom. The molecule has 0 fully saturated rings. The van der Waals surface area contributed by atoms with Crippen LogP contribution in [0.2, 0.25) is 0 Å². The van der Waals surface area contributed by atoms with Crippen LogP contribution in [0.25, 0.3) is 0 Å². The third-order valence-corrected chi connectivity index (χ3v) is 4.02. The largest absolute Gasteiger partial charge is 0.496 e. The van der Waals surface area contributed by atoms with E-state index in [4.69, 9.17) is 10.00 Å². The molecule has 1 aromatic heterocycles. The second-order valence-electron chi connectivity index (χ2n) is 4.32. The Bertz CT molecular complexity index is 626. The van der Waals surface area contributed by atoms with Gasteiger partial charge in [-0.05, 0) is 37.6 Å². The lowest BCUT2D eigenvalue weighted by Crippen LogP contribution is -2.01. The summed E-state index contributed by atoms with van der Waals surface area (Å²) in [6.07, 6.45) is 0. The van der Waals surface area contributed by atoms with Crippen molar-refractivity contribution < 1.29 is 4.74 Å². The van der Waals surface area contributed by atoms with E-state index in [1.165, 1.54) is 11.3 Å². The molecular formula is C15H16N2OS. The van der Waals surface area contributed by atoms with Crippen LogP contribution >= 0.6 is 11.3 Å². The molecule has 4 heteroatoms. The molecule has 0 saturated carbocycles. The van der Waals surface area contributed by atoms with Gasteiger partial charge in [-0.2, -0.15) is 5.26 Å². The van der Waals surface area contributed by atoms with E-state index in [0.29, 0.717) is 0 Å². The topological polar surface area (TPSA) is 45.0 Å². The SMILES string of the molecule is COc1c(C)ccc(NCc2ccc(C#N)s2)c1C. The molecule has 0 aliphatic carbocycles. The van der Waals surface area contributed by atoms with Crippen LogP contribution in [0.1, 0.15) is 20.9 Å². The van der Waals surface area contributed by atoms with Gasteiger partial charge in [0.15, 0.2) is 0 Å². The molecular weight excluding hydrogens is 256 g/mol. The first-order valence-corrected chi connectivity index (χ1v) is 6.84. The Morgan fingerprint density at radius 1 is 1.26 bits per heavy atom. The number of hydrogen-bond acceptors (Lipinski definition) is 4. The van der Waals surface area contributed by atoms with Crippen molar-refractivity contribution in [2.24, 2.45) is 0 Å². The summed E-state index contributed by atoms with van der Waals surface area (Å²) in [6, 6.07) is 10.1. The third kappa shape index (κ3) is 2.88. The van der Waals surface area contributed by atoms with Gasteiger partial charge in [0.1, 0.15) is 16.7 Å². The van der Waals surface area contributed by atoms with E-state index in [-0.39, 0.29) is 0 Å². The fourth-order valence-corrected chi connectivity index (χ4v) is 2.79. The molecule has 1 heterocycles. The Labute approximate surface area is 117 Å². The summed E-state index contributed by atoms with van der Waals surface area (Å²) in [7, 11) is 1.69. The summed E-state index contributed by atoms with van der Waals surface area (Å²) in [5.41, 5.74) is 3.31. The molecule has 0 atom stereocenters. The van der Waals surface area contributed by atoms with Gasteiger partial charge in [-0.15, -0.1) is 11.3 Å². The minimum absolute atomic E-state index is 0.722. The molecule has 1 aromatic carbocycles. The fourth-order valence-electron chi connectivity index (χ4n) is 2.05. The molecule has 0 aliphatic rings. The lowest BCUT2D eigenvalue weighted by atomic mass is 10.1. The van der Waals surface area contributed by atoms with E-state index in [0.717, 1.165) is 38.9 Å². The Balaban J connectivity index is 2.14. The quantitative estimate of drug-likeness (QED) is 0.919. The van der Waals surface area contributed by atoms with E-state index in [1.54, 1.807) is 7.11 Å². The first-order chi connectivity index (χ1) is 9.15. The third-order valence-electron chi connectivity index (χ3n) is 3.03. The average Bonchev–Trinajstić information content (AvgIpc) is 2.86. The summed E-state index contributed by atoms with van der Waals surface area (Å²) in [4.78, 5) is 1.89. The monoisotopic (exact) mass is 272 g/mol. The number of aryl methyl sites for hydroxylation is 1. The van der Waals surface area contributed by atoms with Gasteiger partial charge in [-0.25, -0.2) is 0 Å². The zero-order valence-electron chi connectivity index (χ0n) is 11.3. The lowest BCUT2D eigenvalue weighted by Gasteiger charge is -2.14. The van der Waals surface area contributed by atoms with Gasteiger partial charge in [0.25, 0.3) is 0 Å². The van der Waals surface area contributed by atoms with Crippen LogP contribution in [0, 0.1) is 25.2 Å². The predicted molar refractivity (Wildman–Crippen MR) is 78.8 cm³/mol. The molecule has 0 spiro atoms. The molecule has 0 aliphatic heterocycles. The van der Waals surface area contributed by atoms with Crippen molar-refractivity contribution in [1.29, 1.82) is 5.26 Å². The van der Waals surface area contributed by atoms with Crippen LogP contribution in [0.15, 0.2) is 24.3 Å². The van der Waals surface area contributed by atoms with Crippen LogP contribution in [0.5, 0.6) is 5.75 Å². The normalized spacial score (nSPS) is 10.0. The molecule has 0 bridgehead atoms. The van der Waals surface area contributed by atoms with E-state index in [9.17, 15) is 0 Å². The standard InChI is InChI=1S/C15H16N2OS/c1-10-4-7-14(11(2)15(10)18-3)17-9-13-6-5-12(8-16)19-13/h4-7,17H,9H2,1-3H3. The first kappa shape index (κ1) is 13.4. The van der Waals surface area contributed by atoms with Crippen molar-refractivity contribution in [2.75, 3.05) is 12.4 Å². The maximum atomic E-state index is 8.80. The zero-order chi connectivity index (χ0) is 13.8. The van der Waals surface area contributed by atoms with Gasteiger partial charge in [-0.1, -0.05) is 6.07 Å². The van der Waals surface area contributed by atoms with E-state index < -0.39 is 0 Å². The summed E-state index contributed by atoms with van der Waals surface area (Å²) >= 11 is 1.52. The number of hydrogen-bond donors (Lipinski definition) is 1. The van der Waals surface area contributed by atoms with Crippen molar-refractivity contribution >= 4 is 17.0 Å². The van der Waals surface area contributed by atoms with E-state index in [2.05, 4.69) is 17.5 Å². The lowest BCUT2D eigenvalue weighted by molar-refractivity contribution is 0.409. The number of nitrogens with zero attached hydrogens (tertiary/aromatic N) is 1. The van der Waals surface area contributed by atoms with Crippen LogP contribution in [-0.2, 0) is 6.54 Å². The van der Waals surface area contributed by atoms with E-state index in [1.807, 2.05) is 32.0 Å². The predicted octanol–water partition coefficient (Wildman–Crippen LogP) is 3.86. The number of thiophene rings is 1. The molecule has 98 valence electrons. The highest BCUT2D eigenvalue weighted by Crippen LogP contribution is 2.29. The molecule has 2 rings (SSSR count). The second-order valence-corrected chi connectivity index (χ2v) is 5.49. The Hall–Kier alpha value is -1.99. The second kappa shape index (κ2) is 5.77. The highest BCUT2D eigenvalue weighted by Gasteiger charge is 2.08. The molecule has 0 saturated heterocycles. The molecule has 0 radical (unpaired) electrons. The van der Waals surface area contributed by atoms with Gasteiger partial charge in [0.05, 0.1) is 7.11 Å². The van der Waals surface area contributed by atoms with Crippen LogP contribution in [0.4, 0.5) is 5.69 Å². The molecule has 2 aromatic rings. The molecule has 3 nitrogen and oxygen atoms in total. The smallest absolute Gasteiger partial charge is 0.126 e. The number of anilines is 1. The Morgan fingerprint density at radius 3 is 2.68 bits per heavy atom. The maximum absolute atomic E-state index is 8.80. The number of ether oxygens (including phenoxy) is 1. The number of methoxy groups -OCH3 is 1. The highest BCUT2D eigenvalue weighted by molar-refractivity contribution is 7.12. The van der Waals surface area contributed by atoms with Crippen LogP contribution in [-0.4, -0.2) is 7.11 Å². The van der Waals surface area contributed by atoms with Gasteiger partial charge in [0.2, 0.25) is 0 Å². The van der Waals surface area contributed by atoms with Gasteiger partial charge in [0, 0.05) is 22.7 Å². The minimum atomic E-state index is 0.722. The van der Waals surface area contributed by atoms with Crippen molar-refractivity contribution in [3.63, 3.8) is 0 Å². The van der Waals surface area contributed by atoms with Crippen molar-refractivity contribution in [3.8, 4) is 11.8 Å². The summed E-state index contributed by atoms with van der Waals surface area (Å²) < 4.78 is 5.41. The molecule has 1 N–H and O–H groups in total. The highest BCUT2D eigenvalue weighted by atomic mass is 32.1. The summed E-state index contributed by atoms with van der Waals surface area (Å²) in [6.45, 7) is 4.80. The summed E-state index contributed by atoms with van der Waals surface area (Å²) in [5.74, 6) is 0.925. The number of nitrogens with one attached hydrogen (secondary N) is 1. The zero-order valence-corrected chi connectivity index (χ0v) is 12.1. The van der Waals surface area contributed by atoms with Crippen LogP contribution in [0.3, 0.4) is 0 Å². The van der Waals surface area contributed by atoms with Gasteiger partial charge < -0.3 is 10.1 Å². The average molecular weight is 272 g/mol. The Kier molecular flexibility index (Phi) is 4.08. The number of nitriles is 1. The maximum Gasteiger partial charge on any atom is 0.126 e. The molecule has 0 unspecified atom stereocenters. The van der Waals surface area contributed by atoms with Gasteiger partial charge >= 0.3 is 0 Å². The van der Waals surface area contributed by atoms with Crippen molar-refractivity contribution in [3.05, 3.63) is 45.1 Å². The van der Waals surface area contributed by atoms with Crippen molar-refractivity contribution in [2.45, 2.75) is 20.4 Å². The van der Waals surface area contributed by atoms with E-state index >= 15 is 0 Å². The minimum Gasteiger partial charge on any atom is -0.496 e. The first-order valence-electron chi connectivity index (χ1n) is 6.02. The van der Waals surface area contributed by atoms with Crippen LogP contribution < -0.4 is 10.1 Å². The molecule has 0 amide bonds. The van der Waals surface area contributed by atoms with Gasteiger partial charge in [-0.3, -0.25) is 0 Å².